The maximum atomic E-state index is 12.3. The zero-order chi connectivity index (χ0) is 14.9. The first-order valence-electron chi connectivity index (χ1n) is 7.14. The summed E-state index contributed by atoms with van der Waals surface area (Å²) in [6, 6.07) is 5.12. The average molecular weight is 309 g/mol. The van der Waals surface area contributed by atoms with Gasteiger partial charge in [0, 0.05) is 6.07 Å². The molecule has 1 aliphatic carbocycles. The quantitative estimate of drug-likeness (QED) is 0.876. The molecule has 2 N–H and O–H groups in total. The Balaban J connectivity index is 1.91. The van der Waals surface area contributed by atoms with E-state index in [2.05, 4.69) is 15.0 Å². The molecule has 1 aromatic rings. The minimum atomic E-state index is -3.60. The Kier molecular flexibility index (Phi) is 3.75. The summed E-state index contributed by atoms with van der Waals surface area (Å²) < 4.78 is 32.2. The first-order valence-corrected chi connectivity index (χ1v) is 8.62. The summed E-state index contributed by atoms with van der Waals surface area (Å²) in [6.07, 6.45) is 5.58. The van der Waals surface area contributed by atoms with Crippen molar-refractivity contribution in [1.29, 1.82) is 0 Å². The molecule has 0 radical (unpaired) electrons. The number of ether oxygens (including phenoxy) is 1. The second-order valence-electron chi connectivity index (χ2n) is 5.36. The molecule has 0 spiro atoms. The number of sulfonamides is 1. The van der Waals surface area contributed by atoms with Gasteiger partial charge in [-0.3, -0.25) is 0 Å². The van der Waals surface area contributed by atoms with E-state index < -0.39 is 10.0 Å². The van der Waals surface area contributed by atoms with Gasteiger partial charge in [-0.1, -0.05) is 19.3 Å². The van der Waals surface area contributed by atoms with Gasteiger partial charge in [0.15, 0.2) is 0 Å². The molecule has 2 aliphatic rings. The fraction of sp³-hybridized carbons (Fsp3) is 0.500. The van der Waals surface area contributed by atoms with Crippen LogP contribution in [0.3, 0.4) is 0 Å². The van der Waals surface area contributed by atoms with Crippen LogP contribution in [0.1, 0.15) is 32.1 Å². The van der Waals surface area contributed by atoms with Crippen molar-refractivity contribution in [1.82, 2.24) is 4.72 Å². The fourth-order valence-electron chi connectivity index (χ4n) is 2.74. The number of aliphatic imine (C=N–C) groups is 1. The number of methoxy groups -OCH3 is 1. The van der Waals surface area contributed by atoms with Gasteiger partial charge in [0.1, 0.15) is 10.6 Å². The Morgan fingerprint density at radius 2 is 2.00 bits per heavy atom. The molecule has 21 heavy (non-hydrogen) atoms. The minimum Gasteiger partial charge on any atom is -0.497 e. The van der Waals surface area contributed by atoms with Crippen LogP contribution in [-0.2, 0) is 10.0 Å². The number of nitrogens with zero attached hydrogens (tertiary/aromatic N) is 1. The van der Waals surface area contributed by atoms with Crippen molar-refractivity contribution in [3.8, 4) is 5.75 Å². The molecule has 0 unspecified atom stereocenters. The summed E-state index contributed by atoms with van der Waals surface area (Å²) in [5, 5.41) is 3.06. The lowest BCUT2D eigenvalue weighted by molar-refractivity contribution is 0.413. The molecule has 0 aromatic heterocycles. The third-order valence-corrected chi connectivity index (χ3v) is 5.23. The van der Waals surface area contributed by atoms with E-state index in [9.17, 15) is 8.42 Å². The molecule has 1 aromatic carbocycles. The van der Waals surface area contributed by atoms with E-state index in [-0.39, 0.29) is 10.9 Å². The van der Waals surface area contributed by atoms with Crippen molar-refractivity contribution in [3.05, 3.63) is 18.2 Å². The van der Waals surface area contributed by atoms with Crippen LogP contribution in [0.5, 0.6) is 5.75 Å². The number of rotatable bonds is 2. The maximum absolute atomic E-state index is 12.3. The van der Waals surface area contributed by atoms with Crippen LogP contribution in [0.4, 0.5) is 5.69 Å². The lowest BCUT2D eigenvalue weighted by Crippen LogP contribution is -2.41. The molecule has 1 saturated carbocycles. The average Bonchev–Trinajstić information content (AvgIpc) is 2.47. The molecule has 0 bridgehead atoms. The highest BCUT2D eigenvalue weighted by Crippen LogP contribution is 2.29. The van der Waals surface area contributed by atoms with Crippen LogP contribution >= 0.6 is 0 Å². The van der Waals surface area contributed by atoms with Crippen molar-refractivity contribution in [2.75, 3.05) is 12.4 Å². The topological polar surface area (TPSA) is 79.8 Å². The Morgan fingerprint density at radius 3 is 2.71 bits per heavy atom. The molecule has 6 nitrogen and oxygen atoms in total. The summed E-state index contributed by atoms with van der Waals surface area (Å²) in [7, 11) is -2.09. The number of hydrogen-bond acceptors (Lipinski definition) is 4. The number of guanidine groups is 1. The fourth-order valence-corrected chi connectivity index (χ4v) is 3.89. The van der Waals surface area contributed by atoms with Crippen molar-refractivity contribution >= 4 is 21.7 Å². The van der Waals surface area contributed by atoms with Gasteiger partial charge in [-0.2, -0.15) is 0 Å². The second-order valence-corrected chi connectivity index (χ2v) is 7.01. The summed E-state index contributed by atoms with van der Waals surface area (Å²) in [6.45, 7) is 0. The van der Waals surface area contributed by atoms with Crippen LogP contribution < -0.4 is 14.8 Å². The molecule has 3 rings (SSSR count). The molecular weight excluding hydrogens is 290 g/mol. The van der Waals surface area contributed by atoms with Gasteiger partial charge >= 0.3 is 0 Å². The van der Waals surface area contributed by atoms with Gasteiger partial charge in [0.05, 0.1) is 18.8 Å². The van der Waals surface area contributed by atoms with Crippen molar-refractivity contribution in [2.24, 2.45) is 4.99 Å². The van der Waals surface area contributed by atoms with Gasteiger partial charge in [-0.25, -0.2) is 18.1 Å². The van der Waals surface area contributed by atoms with Gasteiger partial charge in [-0.15, -0.1) is 0 Å². The molecule has 1 aliphatic heterocycles. The molecule has 0 saturated heterocycles. The van der Waals surface area contributed by atoms with Gasteiger partial charge in [0.2, 0.25) is 5.96 Å². The van der Waals surface area contributed by atoms with Crippen LogP contribution in [0.25, 0.3) is 0 Å². The highest BCUT2D eigenvalue weighted by molar-refractivity contribution is 7.90. The molecular formula is C14H19N3O3S. The lowest BCUT2D eigenvalue weighted by Gasteiger charge is -2.24. The molecule has 0 atom stereocenters. The number of benzene rings is 1. The SMILES string of the molecule is COc1ccc2c(c1)S(=O)(=O)NC(=NC1CCCCC1)N2. The van der Waals surface area contributed by atoms with E-state index in [1.165, 1.54) is 19.6 Å². The number of nitrogens with one attached hydrogen (secondary N) is 2. The van der Waals surface area contributed by atoms with E-state index in [4.69, 9.17) is 4.74 Å². The minimum absolute atomic E-state index is 0.185. The number of fused-ring (bicyclic) bond motifs is 1. The Bertz CT molecular complexity index is 664. The molecule has 1 heterocycles. The van der Waals surface area contributed by atoms with E-state index in [0.29, 0.717) is 17.4 Å². The zero-order valence-electron chi connectivity index (χ0n) is 11.9. The van der Waals surface area contributed by atoms with Crippen LogP contribution in [0, 0.1) is 0 Å². The lowest BCUT2D eigenvalue weighted by atomic mass is 9.96. The third kappa shape index (κ3) is 2.97. The molecule has 114 valence electrons. The van der Waals surface area contributed by atoms with Crippen molar-refractivity contribution < 1.29 is 13.2 Å². The summed E-state index contributed by atoms with van der Waals surface area (Å²) >= 11 is 0. The summed E-state index contributed by atoms with van der Waals surface area (Å²) in [5.74, 6) is 0.827. The Labute approximate surface area is 124 Å². The van der Waals surface area contributed by atoms with E-state index in [1.54, 1.807) is 12.1 Å². The molecule has 7 heteroatoms. The van der Waals surface area contributed by atoms with Crippen molar-refractivity contribution in [2.45, 2.75) is 43.0 Å². The maximum Gasteiger partial charge on any atom is 0.266 e. The van der Waals surface area contributed by atoms with Crippen LogP contribution in [0.2, 0.25) is 0 Å². The highest BCUT2D eigenvalue weighted by Gasteiger charge is 2.27. The smallest absolute Gasteiger partial charge is 0.266 e. The van der Waals surface area contributed by atoms with Crippen LogP contribution in [-0.4, -0.2) is 27.5 Å². The van der Waals surface area contributed by atoms with Crippen molar-refractivity contribution in [3.63, 3.8) is 0 Å². The van der Waals surface area contributed by atoms with E-state index in [0.717, 1.165) is 25.7 Å². The standard InChI is InChI=1S/C14H19N3O3S/c1-20-11-7-8-12-13(9-11)21(18,19)17-14(16-12)15-10-5-3-2-4-6-10/h7-10H,2-6H2,1H3,(H2,15,16,17). The first-order chi connectivity index (χ1) is 10.1. The zero-order valence-corrected chi connectivity index (χ0v) is 12.7. The largest absolute Gasteiger partial charge is 0.497 e. The first kappa shape index (κ1) is 14.2. The van der Waals surface area contributed by atoms with E-state index >= 15 is 0 Å². The summed E-state index contributed by atoms with van der Waals surface area (Å²) in [4.78, 5) is 4.70. The predicted octanol–water partition coefficient (Wildman–Crippen LogP) is 2.09. The van der Waals surface area contributed by atoms with Crippen LogP contribution in [0.15, 0.2) is 28.1 Å². The second kappa shape index (κ2) is 5.55. The number of anilines is 1. The van der Waals surface area contributed by atoms with Gasteiger partial charge in [0.25, 0.3) is 10.0 Å². The predicted molar refractivity (Wildman–Crippen MR) is 81.2 cm³/mol. The van der Waals surface area contributed by atoms with Gasteiger partial charge in [-0.05, 0) is 25.0 Å². The highest BCUT2D eigenvalue weighted by atomic mass is 32.2. The Morgan fingerprint density at radius 1 is 1.24 bits per heavy atom. The normalized spacial score (nSPS) is 23.0. The molecule has 0 amide bonds. The monoisotopic (exact) mass is 309 g/mol. The summed E-state index contributed by atoms with van der Waals surface area (Å²) in [5.41, 5.74) is 0.532. The third-order valence-electron chi connectivity index (χ3n) is 3.85. The molecule has 1 fully saturated rings. The number of hydrogen-bond donors (Lipinski definition) is 2. The Hall–Kier alpha value is -1.76. The van der Waals surface area contributed by atoms with E-state index in [1.807, 2.05) is 0 Å². The van der Waals surface area contributed by atoms with Gasteiger partial charge < -0.3 is 10.1 Å².